The summed E-state index contributed by atoms with van der Waals surface area (Å²) in [6.45, 7) is 2.68. The molecule has 1 rings (SSSR count). The van der Waals surface area contributed by atoms with Crippen LogP contribution in [-0.2, 0) is 4.74 Å². The number of hydrogen-bond donors (Lipinski definition) is 0. The maximum Gasteiger partial charge on any atom is 0.110 e. The molecule has 0 aliphatic carbocycles. The minimum atomic E-state index is -0.131. The fourth-order valence-corrected chi connectivity index (χ4v) is 1.33. The Bertz CT molecular complexity index is 205. The van der Waals surface area contributed by atoms with Gasteiger partial charge in [-0.3, -0.25) is 4.99 Å². The van der Waals surface area contributed by atoms with Crippen LogP contribution in [0.5, 0.6) is 0 Å². The third kappa shape index (κ3) is 1.58. The van der Waals surface area contributed by atoms with Crippen molar-refractivity contribution in [1.29, 1.82) is 5.26 Å². The highest BCUT2D eigenvalue weighted by Crippen LogP contribution is 2.17. The Balaban J connectivity index is 2.73. The van der Waals surface area contributed by atoms with E-state index in [1.54, 1.807) is 7.11 Å². The van der Waals surface area contributed by atoms with Crippen LogP contribution < -0.4 is 0 Å². The fraction of sp³-hybridized carbons (Fsp3) is 0.750. The lowest BCUT2D eigenvalue weighted by Gasteiger charge is -2.23. The SMILES string of the molecule is COC1CCN=C(C)[C@@H]1C#N. The largest absolute Gasteiger partial charge is 0.380 e. The van der Waals surface area contributed by atoms with Crippen molar-refractivity contribution in [1.82, 2.24) is 0 Å². The van der Waals surface area contributed by atoms with Gasteiger partial charge in [0, 0.05) is 19.4 Å². The molecule has 0 saturated carbocycles. The molecule has 1 unspecified atom stereocenters. The van der Waals surface area contributed by atoms with Gasteiger partial charge in [0.25, 0.3) is 0 Å². The Kier molecular flexibility index (Phi) is 2.61. The summed E-state index contributed by atoms with van der Waals surface area (Å²) in [5.41, 5.74) is 0.908. The van der Waals surface area contributed by atoms with Gasteiger partial charge in [0.05, 0.1) is 12.2 Å². The molecule has 1 heterocycles. The van der Waals surface area contributed by atoms with E-state index in [1.807, 2.05) is 6.92 Å². The minimum Gasteiger partial charge on any atom is -0.380 e. The number of ether oxygens (including phenoxy) is 1. The second-order valence-corrected chi connectivity index (χ2v) is 2.69. The van der Waals surface area contributed by atoms with Crippen LogP contribution in [0.2, 0.25) is 0 Å². The third-order valence-electron chi connectivity index (χ3n) is 2.04. The maximum atomic E-state index is 8.75. The van der Waals surface area contributed by atoms with Crippen LogP contribution in [0.4, 0.5) is 0 Å². The van der Waals surface area contributed by atoms with Crippen LogP contribution in [0.3, 0.4) is 0 Å². The molecule has 0 amide bonds. The molecule has 0 saturated heterocycles. The Labute approximate surface area is 66.7 Å². The van der Waals surface area contributed by atoms with Crippen molar-refractivity contribution in [2.24, 2.45) is 10.9 Å². The summed E-state index contributed by atoms with van der Waals surface area (Å²) in [5, 5.41) is 8.75. The first-order valence-electron chi connectivity index (χ1n) is 3.73. The van der Waals surface area contributed by atoms with Crippen LogP contribution in [0, 0.1) is 17.2 Å². The third-order valence-corrected chi connectivity index (χ3v) is 2.04. The molecule has 1 aliphatic heterocycles. The Morgan fingerprint density at radius 3 is 2.91 bits per heavy atom. The quantitative estimate of drug-likeness (QED) is 0.562. The number of rotatable bonds is 1. The molecule has 1 aliphatic rings. The van der Waals surface area contributed by atoms with Crippen LogP contribution in [0.25, 0.3) is 0 Å². The standard InChI is InChI=1S/C8H12N2O/c1-6-7(5-9)8(11-2)3-4-10-6/h7-8H,3-4H2,1-2H3/t7-,8?/m0/s1. The zero-order valence-corrected chi connectivity index (χ0v) is 6.87. The first-order valence-corrected chi connectivity index (χ1v) is 3.73. The molecular formula is C8H12N2O. The van der Waals surface area contributed by atoms with Crippen molar-refractivity contribution < 1.29 is 4.74 Å². The van der Waals surface area contributed by atoms with Crippen molar-refractivity contribution in [3.05, 3.63) is 0 Å². The topological polar surface area (TPSA) is 45.4 Å². The molecule has 11 heavy (non-hydrogen) atoms. The molecule has 0 aromatic carbocycles. The van der Waals surface area contributed by atoms with E-state index >= 15 is 0 Å². The normalized spacial score (nSPS) is 30.8. The fourth-order valence-electron chi connectivity index (χ4n) is 1.33. The smallest absolute Gasteiger partial charge is 0.110 e. The highest BCUT2D eigenvalue weighted by Gasteiger charge is 2.26. The van der Waals surface area contributed by atoms with Gasteiger partial charge in [-0.25, -0.2) is 0 Å². The van der Waals surface area contributed by atoms with E-state index in [2.05, 4.69) is 11.1 Å². The molecule has 0 N–H and O–H groups in total. The summed E-state index contributed by atoms with van der Waals surface area (Å²) in [7, 11) is 1.65. The lowest BCUT2D eigenvalue weighted by Crippen LogP contribution is -2.31. The van der Waals surface area contributed by atoms with Gasteiger partial charge in [0.15, 0.2) is 0 Å². The van der Waals surface area contributed by atoms with Gasteiger partial charge in [0.1, 0.15) is 5.92 Å². The molecule has 0 aromatic heterocycles. The van der Waals surface area contributed by atoms with Crippen molar-refractivity contribution in [2.45, 2.75) is 19.4 Å². The number of aliphatic imine (C=N–C) groups is 1. The summed E-state index contributed by atoms with van der Waals surface area (Å²) in [6.07, 6.45) is 0.920. The first-order chi connectivity index (χ1) is 5.29. The zero-order chi connectivity index (χ0) is 8.27. The summed E-state index contributed by atoms with van der Waals surface area (Å²) >= 11 is 0. The highest BCUT2D eigenvalue weighted by atomic mass is 16.5. The average molecular weight is 152 g/mol. The number of nitriles is 1. The average Bonchev–Trinajstić information content (AvgIpc) is 2.04. The van der Waals surface area contributed by atoms with Crippen molar-refractivity contribution in [3.8, 4) is 6.07 Å². The van der Waals surface area contributed by atoms with Gasteiger partial charge in [-0.2, -0.15) is 5.26 Å². The summed E-state index contributed by atoms with van der Waals surface area (Å²) in [6, 6.07) is 2.20. The van der Waals surface area contributed by atoms with Gasteiger partial charge in [-0.1, -0.05) is 0 Å². The van der Waals surface area contributed by atoms with E-state index in [-0.39, 0.29) is 12.0 Å². The second-order valence-electron chi connectivity index (χ2n) is 2.69. The van der Waals surface area contributed by atoms with E-state index < -0.39 is 0 Å². The van der Waals surface area contributed by atoms with E-state index in [1.165, 1.54) is 0 Å². The monoisotopic (exact) mass is 152 g/mol. The van der Waals surface area contributed by atoms with Gasteiger partial charge in [-0.15, -0.1) is 0 Å². The first kappa shape index (κ1) is 8.22. The van der Waals surface area contributed by atoms with Crippen LogP contribution in [0.15, 0.2) is 4.99 Å². The lowest BCUT2D eigenvalue weighted by molar-refractivity contribution is 0.0805. The van der Waals surface area contributed by atoms with Crippen LogP contribution in [-0.4, -0.2) is 25.5 Å². The number of nitrogens with zero attached hydrogens (tertiary/aromatic N) is 2. The minimum absolute atomic E-state index is 0.0532. The molecule has 0 fully saturated rings. The van der Waals surface area contributed by atoms with Crippen LogP contribution >= 0.6 is 0 Å². The molecular weight excluding hydrogens is 140 g/mol. The van der Waals surface area contributed by atoms with E-state index in [0.29, 0.717) is 0 Å². The van der Waals surface area contributed by atoms with Gasteiger partial charge >= 0.3 is 0 Å². The van der Waals surface area contributed by atoms with Gasteiger partial charge < -0.3 is 4.74 Å². The highest BCUT2D eigenvalue weighted by molar-refractivity contribution is 5.87. The maximum absolute atomic E-state index is 8.75. The molecule has 0 aromatic rings. The predicted octanol–water partition coefficient (Wildman–Crippen LogP) is 1.01. The molecule has 3 heteroatoms. The Hall–Kier alpha value is -0.880. The second kappa shape index (κ2) is 3.49. The summed E-state index contributed by atoms with van der Waals surface area (Å²) in [5.74, 6) is -0.131. The van der Waals surface area contributed by atoms with Crippen molar-refractivity contribution >= 4 is 5.71 Å². The molecule has 0 spiro atoms. The number of methoxy groups -OCH3 is 1. The van der Waals surface area contributed by atoms with E-state index in [0.717, 1.165) is 18.7 Å². The van der Waals surface area contributed by atoms with E-state index in [4.69, 9.17) is 10.00 Å². The van der Waals surface area contributed by atoms with Gasteiger partial charge in [-0.05, 0) is 13.3 Å². The van der Waals surface area contributed by atoms with Crippen molar-refractivity contribution in [3.63, 3.8) is 0 Å². The molecule has 0 bridgehead atoms. The molecule has 60 valence electrons. The lowest BCUT2D eigenvalue weighted by atomic mass is 9.94. The molecule has 3 nitrogen and oxygen atoms in total. The summed E-state index contributed by atoms with van der Waals surface area (Å²) in [4.78, 5) is 4.19. The molecule has 2 atom stereocenters. The Morgan fingerprint density at radius 1 is 1.73 bits per heavy atom. The zero-order valence-electron chi connectivity index (χ0n) is 6.87. The van der Waals surface area contributed by atoms with E-state index in [9.17, 15) is 0 Å². The summed E-state index contributed by atoms with van der Waals surface area (Å²) < 4.78 is 5.16. The predicted molar refractivity (Wildman–Crippen MR) is 42.5 cm³/mol. The van der Waals surface area contributed by atoms with Crippen molar-refractivity contribution in [2.75, 3.05) is 13.7 Å². The van der Waals surface area contributed by atoms with Crippen LogP contribution in [0.1, 0.15) is 13.3 Å². The number of hydrogen-bond acceptors (Lipinski definition) is 3. The molecule has 0 radical (unpaired) electrons. The Morgan fingerprint density at radius 2 is 2.45 bits per heavy atom. The van der Waals surface area contributed by atoms with Gasteiger partial charge in [0.2, 0.25) is 0 Å².